The number of fused-ring (bicyclic) bond motifs is 10. The SMILES string of the molecule is c1ccc(-c2nc(-c3ccc(-c4cc5oc(-c6ccc7ccccc7c6)nc5c5c4sc4ccccc45)c4ccccc34)nc(-c3cccc4oc5ccccc5c34)n2)cc1. The van der Waals surface area contributed by atoms with Crippen LogP contribution in [-0.4, -0.2) is 19.9 Å². The van der Waals surface area contributed by atoms with Crippen molar-refractivity contribution in [3.8, 4) is 56.7 Å². The van der Waals surface area contributed by atoms with Crippen LogP contribution in [0.4, 0.5) is 0 Å². The van der Waals surface area contributed by atoms with Gasteiger partial charge in [-0.05, 0) is 69.6 Å². The minimum Gasteiger partial charge on any atom is -0.456 e. The summed E-state index contributed by atoms with van der Waals surface area (Å²) in [5, 5.41) is 8.71. The summed E-state index contributed by atoms with van der Waals surface area (Å²) in [5.41, 5.74) is 9.07. The number of oxazole rings is 1. The third kappa shape index (κ3) is 5.34. The van der Waals surface area contributed by atoms with Crippen LogP contribution in [0.5, 0.6) is 0 Å². The van der Waals surface area contributed by atoms with E-state index in [2.05, 4.69) is 121 Å². The van der Waals surface area contributed by atoms with E-state index >= 15 is 0 Å². The summed E-state index contributed by atoms with van der Waals surface area (Å²) in [5.74, 6) is 2.38. The number of rotatable bonds is 5. The molecule has 6 nitrogen and oxygen atoms in total. The van der Waals surface area contributed by atoms with Gasteiger partial charge in [0.2, 0.25) is 5.89 Å². The monoisotopic (exact) mass is 798 g/mol. The van der Waals surface area contributed by atoms with Crippen molar-refractivity contribution in [1.82, 2.24) is 19.9 Å². The Morgan fingerprint density at radius 1 is 0.361 bits per heavy atom. The maximum absolute atomic E-state index is 6.72. The molecule has 0 saturated heterocycles. The fourth-order valence-corrected chi connectivity index (χ4v) is 10.2. The summed E-state index contributed by atoms with van der Waals surface area (Å²) in [6.07, 6.45) is 0. The van der Waals surface area contributed by atoms with Gasteiger partial charge in [-0.1, -0.05) is 140 Å². The third-order valence-corrected chi connectivity index (χ3v) is 13.0. The lowest BCUT2D eigenvalue weighted by Crippen LogP contribution is -2.01. The fraction of sp³-hybridized carbons (Fsp3) is 0. The van der Waals surface area contributed by atoms with Gasteiger partial charge in [0.15, 0.2) is 23.1 Å². The van der Waals surface area contributed by atoms with Gasteiger partial charge < -0.3 is 8.83 Å². The van der Waals surface area contributed by atoms with Gasteiger partial charge in [-0.3, -0.25) is 0 Å². The molecule has 0 fully saturated rings. The number of furan rings is 1. The van der Waals surface area contributed by atoms with E-state index in [1.165, 1.54) is 20.2 Å². The van der Waals surface area contributed by atoms with Gasteiger partial charge in [-0.15, -0.1) is 11.3 Å². The van der Waals surface area contributed by atoms with Gasteiger partial charge >= 0.3 is 0 Å². The number of nitrogens with zero attached hydrogens (tertiary/aromatic N) is 4. The Morgan fingerprint density at radius 3 is 1.90 bits per heavy atom. The highest BCUT2D eigenvalue weighted by atomic mass is 32.1. The van der Waals surface area contributed by atoms with Crippen molar-refractivity contribution in [1.29, 1.82) is 0 Å². The van der Waals surface area contributed by atoms with E-state index in [-0.39, 0.29) is 0 Å². The van der Waals surface area contributed by atoms with Crippen LogP contribution < -0.4 is 0 Å². The molecule has 0 spiro atoms. The molecule has 4 aromatic heterocycles. The van der Waals surface area contributed by atoms with Crippen LogP contribution in [0.2, 0.25) is 0 Å². The molecule has 0 atom stereocenters. The molecule has 7 heteroatoms. The lowest BCUT2D eigenvalue weighted by atomic mass is 9.93. The smallest absolute Gasteiger partial charge is 0.227 e. The molecular weight excluding hydrogens is 769 g/mol. The maximum atomic E-state index is 6.72. The first-order chi connectivity index (χ1) is 30.2. The quantitative estimate of drug-likeness (QED) is 0.173. The lowest BCUT2D eigenvalue weighted by Gasteiger charge is -2.14. The number of thiophene rings is 1. The van der Waals surface area contributed by atoms with E-state index < -0.39 is 0 Å². The van der Waals surface area contributed by atoms with Crippen LogP contribution >= 0.6 is 11.3 Å². The Bertz CT molecular complexity index is 3900. The van der Waals surface area contributed by atoms with Crippen molar-refractivity contribution in [2.45, 2.75) is 0 Å². The Morgan fingerprint density at radius 2 is 1.03 bits per heavy atom. The van der Waals surface area contributed by atoms with Crippen LogP contribution in [0.15, 0.2) is 191 Å². The van der Waals surface area contributed by atoms with Crippen LogP contribution in [0.25, 0.3) is 132 Å². The molecule has 61 heavy (non-hydrogen) atoms. The Balaban J connectivity index is 1.03. The largest absolute Gasteiger partial charge is 0.456 e. The average Bonchev–Trinajstić information content (AvgIpc) is 4.05. The summed E-state index contributed by atoms with van der Waals surface area (Å²) < 4.78 is 15.4. The summed E-state index contributed by atoms with van der Waals surface area (Å²) >= 11 is 1.79. The van der Waals surface area contributed by atoms with E-state index in [1.54, 1.807) is 11.3 Å². The minimum absolute atomic E-state index is 0.583. The molecule has 0 aliphatic rings. The topological polar surface area (TPSA) is 77.8 Å². The predicted molar refractivity (Wildman–Crippen MR) is 250 cm³/mol. The minimum atomic E-state index is 0.583. The van der Waals surface area contributed by atoms with E-state index in [9.17, 15) is 0 Å². The molecule has 0 aliphatic carbocycles. The first kappa shape index (κ1) is 33.9. The average molecular weight is 799 g/mol. The molecule has 0 unspecified atom stereocenters. The second-order valence-electron chi connectivity index (χ2n) is 15.3. The second-order valence-corrected chi connectivity index (χ2v) is 16.4. The Kier molecular flexibility index (Phi) is 7.37. The normalized spacial score (nSPS) is 11.9. The van der Waals surface area contributed by atoms with Crippen LogP contribution in [0, 0.1) is 0 Å². The van der Waals surface area contributed by atoms with Crippen molar-refractivity contribution < 1.29 is 8.83 Å². The standard InChI is InChI=1S/C54H30N4O2S/c1-2-14-32(15-3-1)51-56-52(58-53(57-51)41-21-12-23-44-47(41)39-19-8-10-22-43(39)59-44)38-28-27-37(35-17-6-7-18-36(35)38)42-30-45-49(48-40-20-9-11-24-46(40)61-50(42)48)55-54(60-45)34-26-25-31-13-4-5-16-33(31)29-34/h1-30H. The number of benzene rings is 9. The van der Waals surface area contributed by atoms with Crippen LogP contribution in [0.1, 0.15) is 0 Å². The highest BCUT2D eigenvalue weighted by Gasteiger charge is 2.23. The molecule has 0 radical (unpaired) electrons. The summed E-state index contributed by atoms with van der Waals surface area (Å²) in [7, 11) is 0. The van der Waals surface area contributed by atoms with E-state index in [0.717, 1.165) is 88.0 Å². The molecule has 0 saturated carbocycles. The van der Waals surface area contributed by atoms with Gasteiger partial charge in [-0.2, -0.15) is 0 Å². The van der Waals surface area contributed by atoms with E-state index in [1.807, 2.05) is 60.7 Å². The fourth-order valence-electron chi connectivity index (χ4n) is 8.94. The number of para-hydroxylation sites is 1. The van der Waals surface area contributed by atoms with E-state index in [4.69, 9.17) is 28.8 Å². The second kappa shape index (κ2) is 13.3. The maximum Gasteiger partial charge on any atom is 0.227 e. The zero-order chi connectivity index (χ0) is 40.0. The lowest BCUT2D eigenvalue weighted by molar-refractivity contribution is 0.620. The van der Waals surface area contributed by atoms with Gasteiger partial charge in [0, 0.05) is 58.8 Å². The molecule has 0 bridgehead atoms. The van der Waals surface area contributed by atoms with E-state index in [0.29, 0.717) is 23.4 Å². The number of aromatic nitrogens is 4. The highest BCUT2D eigenvalue weighted by molar-refractivity contribution is 7.26. The van der Waals surface area contributed by atoms with Gasteiger partial charge in [-0.25, -0.2) is 19.9 Å². The van der Waals surface area contributed by atoms with Gasteiger partial charge in [0.1, 0.15) is 16.7 Å². The predicted octanol–water partition coefficient (Wildman–Crippen LogP) is 14.9. The molecule has 13 aromatic rings. The summed E-state index contributed by atoms with van der Waals surface area (Å²) in [6.45, 7) is 0. The highest BCUT2D eigenvalue weighted by Crippen LogP contribution is 2.47. The van der Waals surface area contributed by atoms with Crippen LogP contribution in [-0.2, 0) is 0 Å². The molecule has 9 aromatic carbocycles. The molecule has 4 heterocycles. The van der Waals surface area contributed by atoms with Crippen molar-refractivity contribution >= 4 is 86.1 Å². The van der Waals surface area contributed by atoms with Crippen LogP contribution in [0.3, 0.4) is 0 Å². The molecule has 0 amide bonds. The summed E-state index contributed by atoms with van der Waals surface area (Å²) in [6, 6.07) is 62.7. The number of hydrogen-bond donors (Lipinski definition) is 0. The van der Waals surface area contributed by atoms with Crippen molar-refractivity contribution in [2.75, 3.05) is 0 Å². The molecule has 284 valence electrons. The van der Waals surface area contributed by atoms with Crippen molar-refractivity contribution in [3.05, 3.63) is 182 Å². The zero-order valence-corrected chi connectivity index (χ0v) is 33.2. The Labute approximate surface area is 352 Å². The van der Waals surface area contributed by atoms with Crippen molar-refractivity contribution in [2.24, 2.45) is 0 Å². The molecule has 0 aliphatic heterocycles. The summed E-state index contributed by atoms with van der Waals surface area (Å²) in [4.78, 5) is 20.8. The first-order valence-corrected chi connectivity index (χ1v) is 21.0. The Hall–Kier alpha value is -8.00. The zero-order valence-electron chi connectivity index (χ0n) is 32.3. The third-order valence-electron chi connectivity index (χ3n) is 11.8. The van der Waals surface area contributed by atoms with Gasteiger partial charge in [0.25, 0.3) is 0 Å². The van der Waals surface area contributed by atoms with Crippen molar-refractivity contribution in [3.63, 3.8) is 0 Å². The first-order valence-electron chi connectivity index (χ1n) is 20.2. The number of hydrogen-bond acceptors (Lipinski definition) is 7. The van der Waals surface area contributed by atoms with Gasteiger partial charge in [0.05, 0.1) is 0 Å². The molecule has 0 N–H and O–H groups in total. The molecular formula is C54H30N4O2S. The molecule has 13 rings (SSSR count).